The number of hydrogen-bond acceptors (Lipinski definition) is 5. The van der Waals surface area contributed by atoms with E-state index in [4.69, 9.17) is 19.5 Å². The first-order valence-corrected chi connectivity index (χ1v) is 16.4. The Balaban J connectivity index is 0.994. The first kappa shape index (κ1) is 28.1. The third kappa shape index (κ3) is 5.32. The number of aromatic amines is 1. The van der Waals surface area contributed by atoms with Gasteiger partial charge in [0, 0.05) is 30.2 Å². The van der Waals surface area contributed by atoms with Gasteiger partial charge in [-0.2, -0.15) is 0 Å². The van der Waals surface area contributed by atoms with Crippen molar-refractivity contribution in [3.05, 3.63) is 77.7 Å². The maximum Gasteiger partial charge on any atom is 0.410 e. The summed E-state index contributed by atoms with van der Waals surface area (Å²) < 4.78 is 12.0. The first-order chi connectivity index (χ1) is 21.8. The molecule has 4 heterocycles. The molecule has 4 aromatic rings. The Hall–Kier alpha value is -4.39. The van der Waals surface area contributed by atoms with E-state index in [1.807, 2.05) is 31.9 Å². The summed E-state index contributed by atoms with van der Waals surface area (Å²) >= 11 is 0. The molecular formula is C38H40N4O3. The number of H-pyrrole nitrogens is 1. The summed E-state index contributed by atoms with van der Waals surface area (Å²) in [6.07, 6.45) is 9.45. The fourth-order valence-electron chi connectivity index (χ4n) is 7.48. The molecule has 3 aromatic carbocycles. The van der Waals surface area contributed by atoms with Gasteiger partial charge in [0.05, 0.1) is 23.6 Å². The molecule has 0 spiro atoms. The predicted octanol–water partition coefficient (Wildman–Crippen LogP) is 8.99. The van der Waals surface area contributed by atoms with Crippen LogP contribution in [0.4, 0.5) is 10.5 Å². The molecule has 0 radical (unpaired) electrons. The highest BCUT2D eigenvalue weighted by atomic mass is 16.6. The Morgan fingerprint density at radius 3 is 2.51 bits per heavy atom. The molecule has 1 atom stereocenters. The molecule has 7 nitrogen and oxygen atoms in total. The lowest BCUT2D eigenvalue weighted by atomic mass is 9.92. The maximum atomic E-state index is 12.9. The second kappa shape index (κ2) is 10.9. The molecule has 1 N–H and O–H groups in total. The average molecular weight is 601 g/mol. The number of imidazole rings is 1. The Morgan fingerprint density at radius 1 is 0.911 bits per heavy atom. The SMILES string of the molecule is CC(C)(C)OC(=O)N1CCC[C@H]1C1=Nc2ccc(-c3ccc4c(c3)OCc3cc(-c5cnc(C6CCCC6)[nH]5)ccc3-4)cc2C1. The minimum Gasteiger partial charge on any atom is -0.488 e. The number of amides is 1. The van der Waals surface area contributed by atoms with E-state index in [9.17, 15) is 4.79 Å². The van der Waals surface area contributed by atoms with Crippen molar-refractivity contribution in [2.75, 3.05) is 6.54 Å². The van der Waals surface area contributed by atoms with Crippen molar-refractivity contribution in [3.63, 3.8) is 0 Å². The van der Waals surface area contributed by atoms with Crippen LogP contribution in [0.2, 0.25) is 0 Å². The number of hydrogen-bond donors (Lipinski definition) is 1. The molecule has 8 rings (SSSR count). The fourth-order valence-corrected chi connectivity index (χ4v) is 7.48. The van der Waals surface area contributed by atoms with Gasteiger partial charge < -0.3 is 14.5 Å². The van der Waals surface area contributed by atoms with E-state index >= 15 is 0 Å². The molecule has 1 aromatic heterocycles. The quantitative estimate of drug-likeness (QED) is 0.254. The molecule has 7 heteroatoms. The molecule has 4 aliphatic rings. The summed E-state index contributed by atoms with van der Waals surface area (Å²) in [5.41, 5.74) is 10.8. The molecule has 230 valence electrons. The second-order valence-corrected chi connectivity index (χ2v) is 14.0. The number of carbonyl (C=O) groups is 1. The van der Waals surface area contributed by atoms with Crippen LogP contribution in [-0.4, -0.2) is 44.9 Å². The molecule has 0 unspecified atom stereocenters. The summed E-state index contributed by atoms with van der Waals surface area (Å²) in [6.45, 7) is 6.99. The zero-order chi connectivity index (χ0) is 30.7. The molecule has 45 heavy (non-hydrogen) atoms. The summed E-state index contributed by atoms with van der Waals surface area (Å²) in [5.74, 6) is 2.61. The number of ether oxygens (including phenoxy) is 2. The standard InChI is InChI=1S/C38H40N4O3/c1-38(2,3)45-37(43)42-16-6-9-34(42)32-19-27-17-24(12-15-31(27)40-32)25-10-14-30-29-13-11-26(18-28(29)22-44-35(30)20-25)33-21-39-36(41-33)23-7-4-5-8-23/h10-15,17-18,20-21,23,34H,4-9,16,19,22H2,1-3H3,(H,39,41)/t34-/m0/s1. The summed E-state index contributed by atoms with van der Waals surface area (Å²) in [4.78, 5) is 28.0. The van der Waals surface area contributed by atoms with Crippen LogP contribution in [-0.2, 0) is 17.8 Å². The average Bonchev–Trinajstić information content (AvgIpc) is 3.85. The van der Waals surface area contributed by atoms with Gasteiger partial charge in [0.25, 0.3) is 0 Å². The largest absolute Gasteiger partial charge is 0.488 e. The van der Waals surface area contributed by atoms with Crippen molar-refractivity contribution in [2.45, 2.75) is 89.9 Å². The monoisotopic (exact) mass is 600 g/mol. The second-order valence-electron chi connectivity index (χ2n) is 14.0. The van der Waals surface area contributed by atoms with Gasteiger partial charge in [0.1, 0.15) is 23.8 Å². The summed E-state index contributed by atoms with van der Waals surface area (Å²) in [5, 5.41) is 0. The number of rotatable bonds is 4. The topological polar surface area (TPSA) is 79.8 Å². The number of aliphatic imine (C=N–C) groups is 1. The third-order valence-corrected chi connectivity index (χ3v) is 9.72. The van der Waals surface area contributed by atoms with Crippen LogP contribution >= 0.6 is 0 Å². The lowest BCUT2D eigenvalue weighted by molar-refractivity contribution is 0.0265. The number of aromatic nitrogens is 2. The van der Waals surface area contributed by atoms with Crippen LogP contribution in [0.1, 0.15) is 82.2 Å². The van der Waals surface area contributed by atoms with Gasteiger partial charge in [-0.25, -0.2) is 9.78 Å². The van der Waals surface area contributed by atoms with Crippen molar-refractivity contribution in [3.8, 4) is 39.3 Å². The molecule has 3 aliphatic heterocycles. The molecular weight excluding hydrogens is 560 g/mol. The predicted molar refractivity (Wildman–Crippen MR) is 177 cm³/mol. The van der Waals surface area contributed by atoms with Crippen molar-refractivity contribution in [1.82, 2.24) is 14.9 Å². The van der Waals surface area contributed by atoms with E-state index in [1.54, 1.807) is 0 Å². The van der Waals surface area contributed by atoms with Crippen LogP contribution in [0.15, 0.2) is 65.8 Å². The lowest BCUT2D eigenvalue weighted by Gasteiger charge is -2.28. The van der Waals surface area contributed by atoms with Crippen molar-refractivity contribution in [1.29, 1.82) is 0 Å². The molecule has 2 fully saturated rings. The molecule has 1 amide bonds. The maximum absolute atomic E-state index is 12.9. The van der Waals surface area contributed by atoms with Gasteiger partial charge in [0.2, 0.25) is 0 Å². The van der Waals surface area contributed by atoms with E-state index in [0.717, 1.165) is 70.2 Å². The highest BCUT2D eigenvalue weighted by Gasteiger charge is 2.37. The van der Waals surface area contributed by atoms with Gasteiger partial charge in [-0.1, -0.05) is 43.2 Å². The Morgan fingerprint density at radius 2 is 1.67 bits per heavy atom. The zero-order valence-corrected chi connectivity index (χ0v) is 26.4. The Labute approximate surface area is 264 Å². The molecule has 1 saturated carbocycles. The minimum atomic E-state index is -0.512. The van der Waals surface area contributed by atoms with Crippen molar-refractivity contribution in [2.24, 2.45) is 4.99 Å². The third-order valence-electron chi connectivity index (χ3n) is 9.72. The van der Waals surface area contributed by atoms with E-state index in [2.05, 4.69) is 59.6 Å². The van der Waals surface area contributed by atoms with E-state index < -0.39 is 5.60 Å². The lowest BCUT2D eigenvalue weighted by Crippen LogP contribution is -2.43. The van der Waals surface area contributed by atoms with Gasteiger partial charge in [-0.3, -0.25) is 9.89 Å². The minimum absolute atomic E-state index is 0.00366. The Bertz CT molecular complexity index is 1820. The number of carbonyl (C=O) groups excluding carboxylic acids is 1. The van der Waals surface area contributed by atoms with Crippen LogP contribution in [0.25, 0.3) is 33.5 Å². The highest BCUT2D eigenvalue weighted by Crippen LogP contribution is 2.42. The number of fused-ring (bicyclic) bond motifs is 4. The van der Waals surface area contributed by atoms with Crippen LogP contribution in [0.5, 0.6) is 5.75 Å². The normalized spacial score (nSPS) is 19.1. The number of likely N-dealkylation sites (tertiary alicyclic amines) is 1. The Kier molecular flexibility index (Phi) is 6.81. The first-order valence-electron chi connectivity index (χ1n) is 16.4. The van der Waals surface area contributed by atoms with Crippen LogP contribution in [0.3, 0.4) is 0 Å². The summed E-state index contributed by atoms with van der Waals surface area (Å²) in [7, 11) is 0. The van der Waals surface area contributed by atoms with E-state index in [0.29, 0.717) is 19.1 Å². The molecule has 1 saturated heterocycles. The van der Waals surface area contributed by atoms with E-state index in [1.165, 1.54) is 42.4 Å². The van der Waals surface area contributed by atoms with Gasteiger partial charge in [0.15, 0.2) is 0 Å². The number of nitrogens with one attached hydrogen (secondary N) is 1. The van der Waals surface area contributed by atoms with Gasteiger partial charge in [-0.05, 0) is 104 Å². The zero-order valence-electron chi connectivity index (χ0n) is 26.4. The smallest absolute Gasteiger partial charge is 0.410 e. The molecule has 0 bridgehead atoms. The van der Waals surface area contributed by atoms with E-state index in [-0.39, 0.29) is 12.1 Å². The fraction of sp³-hybridized carbons (Fsp3) is 0.395. The molecule has 1 aliphatic carbocycles. The summed E-state index contributed by atoms with van der Waals surface area (Å²) in [6, 6.07) is 19.7. The highest BCUT2D eigenvalue weighted by molar-refractivity contribution is 6.00. The number of benzene rings is 3. The number of nitrogens with zero attached hydrogens (tertiary/aromatic N) is 3. The van der Waals surface area contributed by atoms with Crippen molar-refractivity contribution < 1.29 is 14.3 Å². The van der Waals surface area contributed by atoms with Crippen LogP contribution in [0, 0.1) is 0 Å². The van der Waals surface area contributed by atoms with Crippen molar-refractivity contribution >= 4 is 17.5 Å². The van der Waals surface area contributed by atoms with Crippen LogP contribution < -0.4 is 4.74 Å². The van der Waals surface area contributed by atoms with Gasteiger partial charge >= 0.3 is 6.09 Å². The van der Waals surface area contributed by atoms with Gasteiger partial charge in [-0.15, -0.1) is 0 Å².